The van der Waals surface area contributed by atoms with Gasteiger partial charge in [-0.1, -0.05) is 54.6 Å². The van der Waals surface area contributed by atoms with E-state index in [-0.39, 0.29) is 12.5 Å². The molecule has 0 aliphatic heterocycles. The van der Waals surface area contributed by atoms with Crippen molar-refractivity contribution in [2.75, 3.05) is 11.9 Å². The van der Waals surface area contributed by atoms with E-state index in [4.69, 9.17) is 0 Å². The molecule has 0 unspecified atom stereocenters. The highest BCUT2D eigenvalue weighted by molar-refractivity contribution is 5.87. The third kappa shape index (κ3) is 5.63. The number of rotatable bonds is 6. The van der Waals surface area contributed by atoms with Gasteiger partial charge < -0.3 is 5.32 Å². The molecule has 0 aromatic heterocycles. The highest BCUT2D eigenvalue weighted by Crippen LogP contribution is 2.04. The summed E-state index contributed by atoms with van der Waals surface area (Å²) in [5.41, 5.74) is 5.46. The van der Waals surface area contributed by atoms with Gasteiger partial charge in [-0.2, -0.15) is 5.10 Å². The summed E-state index contributed by atoms with van der Waals surface area (Å²) in [6, 6.07) is 19.5. The minimum Gasteiger partial charge on any atom is -0.376 e. The van der Waals surface area contributed by atoms with Crippen LogP contribution in [-0.4, -0.2) is 18.7 Å². The van der Waals surface area contributed by atoms with Crippen molar-refractivity contribution in [3.63, 3.8) is 0 Å². The molecule has 2 aromatic rings. The van der Waals surface area contributed by atoms with Crippen molar-refractivity contribution in [1.82, 2.24) is 5.43 Å². The maximum Gasteiger partial charge on any atom is 0.259 e. The minimum atomic E-state index is -0.187. The monoisotopic (exact) mass is 293 g/mol. The molecule has 2 N–H and O–H groups in total. The standard InChI is InChI=1S/C18H19N3O/c1-15(12-16-8-4-2-5-9-16)13-20-21-18(22)14-19-17-10-6-3-7-11-17/h2-13,19H,14H2,1H3,(H,21,22)/b15-12-,20-13?. The molecule has 0 fully saturated rings. The summed E-state index contributed by atoms with van der Waals surface area (Å²) in [4.78, 5) is 11.6. The normalized spacial score (nSPS) is 11.4. The van der Waals surface area contributed by atoms with Crippen molar-refractivity contribution >= 4 is 23.9 Å². The van der Waals surface area contributed by atoms with E-state index in [2.05, 4.69) is 15.8 Å². The summed E-state index contributed by atoms with van der Waals surface area (Å²) in [6.45, 7) is 2.12. The predicted molar refractivity (Wildman–Crippen MR) is 91.7 cm³/mol. The third-order valence-electron chi connectivity index (χ3n) is 2.88. The van der Waals surface area contributed by atoms with Crippen LogP contribution in [0.15, 0.2) is 71.3 Å². The Balaban J connectivity index is 1.77. The highest BCUT2D eigenvalue weighted by Gasteiger charge is 1.98. The number of hydrazone groups is 1. The minimum absolute atomic E-state index is 0.183. The summed E-state index contributed by atoms with van der Waals surface area (Å²) in [5.74, 6) is -0.187. The maximum absolute atomic E-state index is 11.6. The third-order valence-corrected chi connectivity index (χ3v) is 2.88. The van der Waals surface area contributed by atoms with Crippen molar-refractivity contribution in [2.24, 2.45) is 5.10 Å². The molecule has 1 amide bonds. The quantitative estimate of drug-likeness (QED) is 0.634. The number of amides is 1. The van der Waals surface area contributed by atoms with Gasteiger partial charge in [-0.25, -0.2) is 5.43 Å². The van der Waals surface area contributed by atoms with Gasteiger partial charge in [0.15, 0.2) is 0 Å². The molecule has 0 atom stereocenters. The van der Waals surface area contributed by atoms with Crippen LogP contribution in [0.4, 0.5) is 5.69 Å². The fourth-order valence-corrected chi connectivity index (χ4v) is 1.83. The van der Waals surface area contributed by atoms with Crippen LogP contribution >= 0.6 is 0 Å². The molecule has 0 saturated heterocycles. The van der Waals surface area contributed by atoms with Gasteiger partial charge in [0.25, 0.3) is 5.91 Å². The van der Waals surface area contributed by atoms with Crippen LogP contribution in [0, 0.1) is 0 Å². The van der Waals surface area contributed by atoms with E-state index in [1.54, 1.807) is 6.21 Å². The average molecular weight is 293 g/mol. The number of hydrogen-bond donors (Lipinski definition) is 2. The van der Waals surface area contributed by atoms with Crippen molar-refractivity contribution < 1.29 is 4.79 Å². The van der Waals surface area contributed by atoms with Gasteiger partial charge in [0, 0.05) is 5.69 Å². The summed E-state index contributed by atoms with van der Waals surface area (Å²) in [7, 11) is 0. The molecule has 0 aliphatic rings. The first kappa shape index (κ1) is 15.5. The van der Waals surface area contributed by atoms with Crippen LogP contribution in [-0.2, 0) is 4.79 Å². The van der Waals surface area contributed by atoms with E-state index in [1.165, 1.54) is 0 Å². The first-order chi connectivity index (χ1) is 10.7. The lowest BCUT2D eigenvalue weighted by Gasteiger charge is -2.04. The summed E-state index contributed by atoms with van der Waals surface area (Å²) < 4.78 is 0. The number of allylic oxidation sites excluding steroid dienone is 1. The molecule has 0 saturated carbocycles. The number of para-hydroxylation sites is 1. The summed E-state index contributed by atoms with van der Waals surface area (Å²) in [6.07, 6.45) is 3.63. The molecule has 4 nitrogen and oxygen atoms in total. The van der Waals surface area contributed by atoms with Crippen molar-refractivity contribution in [2.45, 2.75) is 6.92 Å². The second kappa shape index (κ2) is 8.42. The molecule has 22 heavy (non-hydrogen) atoms. The highest BCUT2D eigenvalue weighted by atomic mass is 16.2. The van der Waals surface area contributed by atoms with E-state index in [9.17, 15) is 4.79 Å². The van der Waals surface area contributed by atoms with Gasteiger partial charge in [-0.3, -0.25) is 4.79 Å². The Labute approximate surface area is 130 Å². The van der Waals surface area contributed by atoms with Crippen molar-refractivity contribution in [3.05, 3.63) is 71.8 Å². The molecule has 2 aromatic carbocycles. The second-order valence-electron chi connectivity index (χ2n) is 4.81. The average Bonchev–Trinajstić information content (AvgIpc) is 2.55. The fraction of sp³-hybridized carbons (Fsp3) is 0.111. The van der Waals surface area contributed by atoms with Gasteiger partial charge in [0.2, 0.25) is 0 Å². The Morgan fingerprint density at radius 3 is 2.36 bits per heavy atom. The lowest BCUT2D eigenvalue weighted by Crippen LogP contribution is -2.25. The number of nitrogens with one attached hydrogen (secondary N) is 2. The topological polar surface area (TPSA) is 53.5 Å². The zero-order valence-corrected chi connectivity index (χ0v) is 12.5. The Morgan fingerprint density at radius 2 is 1.68 bits per heavy atom. The van der Waals surface area contributed by atoms with Gasteiger partial charge in [0.05, 0.1) is 12.8 Å². The lowest BCUT2D eigenvalue weighted by atomic mass is 10.1. The largest absolute Gasteiger partial charge is 0.376 e. The van der Waals surface area contributed by atoms with Crippen molar-refractivity contribution in [1.29, 1.82) is 0 Å². The van der Waals surface area contributed by atoms with Gasteiger partial charge in [0.1, 0.15) is 0 Å². The molecule has 0 spiro atoms. The van der Waals surface area contributed by atoms with Gasteiger partial charge in [-0.05, 0) is 30.2 Å². The van der Waals surface area contributed by atoms with Crippen LogP contribution in [0.3, 0.4) is 0 Å². The molecule has 4 heteroatoms. The van der Waals surface area contributed by atoms with E-state index in [0.29, 0.717) is 0 Å². The van der Waals surface area contributed by atoms with Crippen LogP contribution < -0.4 is 10.7 Å². The molecule has 0 bridgehead atoms. The summed E-state index contributed by atoms with van der Waals surface area (Å²) >= 11 is 0. The van der Waals surface area contributed by atoms with E-state index >= 15 is 0 Å². The molecule has 0 radical (unpaired) electrons. The molecule has 0 aliphatic carbocycles. The first-order valence-electron chi connectivity index (χ1n) is 7.08. The molecule has 0 heterocycles. The Bertz CT molecular complexity index is 649. The lowest BCUT2D eigenvalue weighted by molar-refractivity contribution is -0.119. The van der Waals surface area contributed by atoms with E-state index < -0.39 is 0 Å². The van der Waals surface area contributed by atoms with Crippen LogP contribution in [0.2, 0.25) is 0 Å². The van der Waals surface area contributed by atoms with Crippen LogP contribution in [0.5, 0.6) is 0 Å². The maximum atomic E-state index is 11.6. The molecular formula is C18H19N3O. The number of carbonyl (C=O) groups is 1. The Kier molecular flexibility index (Phi) is 5.93. The predicted octanol–water partition coefficient (Wildman–Crippen LogP) is 3.30. The Hall–Kier alpha value is -2.88. The number of anilines is 1. The number of hydrogen-bond acceptors (Lipinski definition) is 3. The molecular weight excluding hydrogens is 274 g/mol. The zero-order chi connectivity index (χ0) is 15.6. The van der Waals surface area contributed by atoms with E-state index in [0.717, 1.165) is 16.8 Å². The van der Waals surface area contributed by atoms with Crippen LogP contribution in [0.1, 0.15) is 12.5 Å². The van der Waals surface area contributed by atoms with Gasteiger partial charge >= 0.3 is 0 Å². The zero-order valence-electron chi connectivity index (χ0n) is 12.5. The summed E-state index contributed by atoms with van der Waals surface area (Å²) in [5, 5.41) is 6.97. The fourth-order valence-electron chi connectivity index (χ4n) is 1.83. The first-order valence-corrected chi connectivity index (χ1v) is 7.08. The number of benzene rings is 2. The SMILES string of the molecule is C/C(C=NNC(=O)CNc1ccccc1)=C/c1ccccc1. The van der Waals surface area contributed by atoms with Gasteiger partial charge in [-0.15, -0.1) is 0 Å². The van der Waals surface area contributed by atoms with E-state index in [1.807, 2.05) is 73.7 Å². The number of carbonyl (C=O) groups excluding carboxylic acids is 1. The Morgan fingerprint density at radius 1 is 1.05 bits per heavy atom. The number of nitrogens with zero attached hydrogens (tertiary/aromatic N) is 1. The smallest absolute Gasteiger partial charge is 0.259 e. The molecule has 2 rings (SSSR count). The molecule has 112 valence electrons. The van der Waals surface area contributed by atoms with Crippen molar-refractivity contribution in [3.8, 4) is 0 Å². The van der Waals surface area contributed by atoms with Crippen LogP contribution in [0.25, 0.3) is 6.08 Å². The second-order valence-corrected chi connectivity index (χ2v) is 4.81.